The predicted molar refractivity (Wildman–Crippen MR) is 84.6 cm³/mol. The Kier molecular flexibility index (Phi) is 5.31. The van der Waals surface area contributed by atoms with E-state index in [0.29, 0.717) is 6.42 Å². The van der Waals surface area contributed by atoms with Crippen LogP contribution in [0.15, 0.2) is 42.5 Å². The van der Waals surface area contributed by atoms with Crippen molar-refractivity contribution in [3.63, 3.8) is 0 Å². The van der Waals surface area contributed by atoms with Crippen molar-refractivity contribution in [1.82, 2.24) is 0 Å². The normalized spacial score (nSPS) is 11.3. The second kappa shape index (κ2) is 7.04. The number of anilines is 1. The van der Waals surface area contributed by atoms with Crippen LogP contribution in [0.1, 0.15) is 23.1 Å². The molecule has 2 aromatic carbocycles. The quantitative estimate of drug-likeness (QED) is 0.809. The summed E-state index contributed by atoms with van der Waals surface area (Å²) >= 11 is 5.60. The summed E-state index contributed by atoms with van der Waals surface area (Å²) in [5.41, 5.74) is 0.830. The maximum Gasteiger partial charge on any atom is 0.418 e. The Morgan fingerprint density at radius 2 is 1.78 bits per heavy atom. The predicted octanol–water partition coefficient (Wildman–Crippen LogP) is 5.24. The molecule has 2 rings (SSSR count). The van der Waals surface area contributed by atoms with E-state index in [0.717, 1.165) is 23.3 Å². The lowest BCUT2D eigenvalue weighted by atomic mass is 10.1. The van der Waals surface area contributed by atoms with Crippen LogP contribution >= 0.6 is 11.6 Å². The van der Waals surface area contributed by atoms with Crippen LogP contribution in [-0.4, -0.2) is 5.91 Å². The average molecular weight is 342 g/mol. The highest BCUT2D eigenvalue weighted by Gasteiger charge is 2.34. The lowest BCUT2D eigenvalue weighted by Crippen LogP contribution is -2.17. The van der Waals surface area contributed by atoms with Crippen molar-refractivity contribution in [2.24, 2.45) is 0 Å². The van der Waals surface area contributed by atoms with Gasteiger partial charge in [-0.3, -0.25) is 4.79 Å². The molecule has 1 amide bonds. The number of aryl methyl sites for hydroxylation is 2. The van der Waals surface area contributed by atoms with Gasteiger partial charge in [0.25, 0.3) is 0 Å². The zero-order valence-corrected chi connectivity index (χ0v) is 13.1. The zero-order valence-electron chi connectivity index (χ0n) is 12.4. The van der Waals surface area contributed by atoms with Gasteiger partial charge in [0.2, 0.25) is 5.91 Å². The highest BCUT2D eigenvalue weighted by atomic mass is 35.5. The molecule has 0 aliphatic carbocycles. The van der Waals surface area contributed by atoms with Gasteiger partial charge in [-0.05, 0) is 37.1 Å². The average Bonchev–Trinajstić information content (AvgIpc) is 2.47. The SMILES string of the molecule is Cc1ccc(CCC(=O)Nc2ccc(Cl)cc2C(F)(F)F)cc1. The minimum absolute atomic E-state index is 0.0324. The fraction of sp³-hybridized carbons (Fsp3) is 0.235. The first kappa shape index (κ1) is 17.3. The van der Waals surface area contributed by atoms with Gasteiger partial charge in [-0.15, -0.1) is 0 Å². The fourth-order valence-electron chi connectivity index (χ4n) is 2.09. The number of carbonyl (C=O) groups is 1. The number of amides is 1. The molecule has 0 spiro atoms. The van der Waals surface area contributed by atoms with Crippen LogP contribution in [-0.2, 0) is 17.4 Å². The molecule has 122 valence electrons. The number of benzene rings is 2. The summed E-state index contributed by atoms with van der Waals surface area (Å²) in [7, 11) is 0. The molecular formula is C17H15ClF3NO. The minimum atomic E-state index is -4.58. The Bertz CT molecular complexity index is 696. The Morgan fingerprint density at radius 3 is 2.39 bits per heavy atom. The number of hydrogen-bond acceptors (Lipinski definition) is 1. The van der Waals surface area contributed by atoms with E-state index in [1.165, 1.54) is 6.07 Å². The van der Waals surface area contributed by atoms with Gasteiger partial charge < -0.3 is 5.32 Å². The van der Waals surface area contributed by atoms with Gasteiger partial charge in [-0.2, -0.15) is 13.2 Å². The van der Waals surface area contributed by atoms with Crippen LogP contribution in [0.4, 0.5) is 18.9 Å². The van der Waals surface area contributed by atoms with Crippen LogP contribution in [0, 0.1) is 6.92 Å². The molecule has 0 bridgehead atoms. The molecular weight excluding hydrogens is 327 g/mol. The summed E-state index contributed by atoms with van der Waals surface area (Å²) in [5, 5.41) is 2.28. The van der Waals surface area contributed by atoms with E-state index in [-0.39, 0.29) is 17.1 Å². The fourth-order valence-corrected chi connectivity index (χ4v) is 2.26. The van der Waals surface area contributed by atoms with Crippen molar-refractivity contribution < 1.29 is 18.0 Å². The topological polar surface area (TPSA) is 29.1 Å². The van der Waals surface area contributed by atoms with Crippen molar-refractivity contribution in [3.8, 4) is 0 Å². The number of halogens is 4. The lowest BCUT2D eigenvalue weighted by molar-refractivity contribution is -0.137. The molecule has 6 heteroatoms. The monoisotopic (exact) mass is 341 g/mol. The third-order valence-electron chi connectivity index (χ3n) is 3.32. The summed E-state index contributed by atoms with van der Waals surface area (Å²) in [6.45, 7) is 1.95. The van der Waals surface area contributed by atoms with Crippen molar-refractivity contribution in [3.05, 3.63) is 64.2 Å². The third kappa shape index (κ3) is 4.99. The van der Waals surface area contributed by atoms with Gasteiger partial charge in [0.1, 0.15) is 0 Å². The molecule has 0 saturated heterocycles. The lowest BCUT2D eigenvalue weighted by Gasteiger charge is -2.14. The second-order valence-corrected chi connectivity index (χ2v) is 5.66. The Hall–Kier alpha value is -2.01. The van der Waals surface area contributed by atoms with Crippen LogP contribution in [0.2, 0.25) is 5.02 Å². The Morgan fingerprint density at radius 1 is 1.13 bits per heavy atom. The van der Waals surface area contributed by atoms with Gasteiger partial charge in [-0.25, -0.2) is 0 Å². The molecule has 0 fully saturated rings. The maximum absolute atomic E-state index is 13.0. The standard InChI is InChI=1S/C17H15ClF3NO/c1-11-2-4-12(5-3-11)6-9-16(23)22-15-8-7-13(18)10-14(15)17(19,20)21/h2-5,7-8,10H,6,9H2,1H3,(H,22,23). The van der Waals surface area contributed by atoms with Crippen molar-refractivity contribution in [2.75, 3.05) is 5.32 Å². The molecule has 23 heavy (non-hydrogen) atoms. The van der Waals surface area contributed by atoms with Gasteiger partial charge in [0.15, 0.2) is 0 Å². The molecule has 0 radical (unpaired) electrons. The van der Waals surface area contributed by atoms with E-state index in [2.05, 4.69) is 5.32 Å². The molecule has 0 heterocycles. The number of carbonyl (C=O) groups excluding carboxylic acids is 1. The molecule has 0 aliphatic rings. The summed E-state index contributed by atoms with van der Waals surface area (Å²) in [6.07, 6.45) is -4.02. The molecule has 2 aromatic rings. The van der Waals surface area contributed by atoms with E-state index >= 15 is 0 Å². The molecule has 0 aliphatic heterocycles. The van der Waals surface area contributed by atoms with E-state index in [9.17, 15) is 18.0 Å². The summed E-state index contributed by atoms with van der Waals surface area (Å²) in [6, 6.07) is 10.9. The van der Waals surface area contributed by atoms with Crippen LogP contribution in [0.3, 0.4) is 0 Å². The molecule has 1 N–H and O–H groups in total. The zero-order chi connectivity index (χ0) is 17.0. The third-order valence-corrected chi connectivity index (χ3v) is 3.56. The van der Waals surface area contributed by atoms with Crippen LogP contribution in [0.25, 0.3) is 0 Å². The van der Waals surface area contributed by atoms with Gasteiger partial charge in [0, 0.05) is 11.4 Å². The number of alkyl halides is 3. The first-order valence-corrected chi connectivity index (χ1v) is 7.35. The van der Waals surface area contributed by atoms with Crippen LogP contribution in [0.5, 0.6) is 0 Å². The molecule has 2 nitrogen and oxygen atoms in total. The Balaban J connectivity index is 2.04. The number of hydrogen-bond donors (Lipinski definition) is 1. The molecule has 0 aromatic heterocycles. The second-order valence-electron chi connectivity index (χ2n) is 5.22. The van der Waals surface area contributed by atoms with E-state index in [1.54, 1.807) is 0 Å². The largest absolute Gasteiger partial charge is 0.418 e. The first-order chi connectivity index (χ1) is 10.8. The maximum atomic E-state index is 13.0. The van der Waals surface area contributed by atoms with Crippen molar-refractivity contribution in [1.29, 1.82) is 0 Å². The molecule has 0 saturated carbocycles. The summed E-state index contributed by atoms with van der Waals surface area (Å²) in [4.78, 5) is 11.9. The van der Waals surface area contributed by atoms with E-state index < -0.39 is 17.6 Å². The van der Waals surface area contributed by atoms with E-state index in [1.807, 2.05) is 31.2 Å². The van der Waals surface area contributed by atoms with Gasteiger partial charge >= 0.3 is 6.18 Å². The summed E-state index contributed by atoms with van der Waals surface area (Å²) in [5.74, 6) is -0.474. The first-order valence-electron chi connectivity index (χ1n) is 6.98. The molecule has 0 unspecified atom stereocenters. The highest BCUT2D eigenvalue weighted by Crippen LogP contribution is 2.36. The van der Waals surface area contributed by atoms with Gasteiger partial charge in [-0.1, -0.05) is 41.4 Å². The molecule has 0 atom stereocenters. The minimum Gasteiger partial charge on any atom is -0.325 e. The van der Waals surface area contributed by atoms with Gasteiger partial charge in [0.05, 0.1) is 11.3 Å². The highest BCUT2D eigenvalue weighted by molar-refractivity contribution is 6.30. The number of nitrogens with one attached hydrogen (secondary N) is 1. The van der Waals surface area contributed by atoms with Crippen molar-refractivity contribution >= 4 is 23.2 Å². The van der Waals surface area contributed by atoms with Crippen LogP contribution < -0.4 is 5.32 Å². The Labute approximate surface area is 137 Å². The number of rotatable bonds is 4. The summed E-state index contributed by atoms with van der Waals surface area (Å²) < 4.78 is 38.9. The van der Waals surface area contributed by atoms with E-state index in [4.69, 9.17) is 11.6 Å². The van der Waals surface area contributed by atoms with Crippen molar-refractivity contribution in [2.45, 2.75) is 25.9 Å². The smallest absolute Gasteiger partial charge is 0.325 e.